The zero-order valence-electron chi connectivity index (χ0n) is 19.7. The predicted molar refractivity (Wildman–Crippen MR) is 141 cm³/mol. The molecule has 0 spiro atoms. The van der Waals surface area contributed by atoms with Crippen molar-refractivity contribution in [3.8, 4) is 0 Å². The van der Waals surface area contributed by atoms with Gasteiger partial charge in [0.2, 0.25) is 0 Å². The summed E-state index contributed by atoms with van der Waals surface area (Å²) in [5, 5.41) is 0. The summed E-state index contributed by atoms with van der Waals surface area (Å²) in [7, 11) is -2.73. The van der Waals surface area contributed by atoms with E-state index in [1.54, 1.807) is 0 Å². The Labute approximate surface area is 207 Å². The zero-order valence-corrected chi connectivity index (χ0v) is 21.3. The van der Waals surface area contributed by atoms with E-state index in [-0.39, 0.29) is 0 Å². The van der Waals surface area contributed by atoms with Crippen LogP contribution in [0.5, 0.6) is 0 Å². The summed E-state index contributed by atoms with van der Waals surface area (Å²) in [5.74, 6) is 0. The fraction of sp³-hybridized carbons (Fsp3) is 0.172. The van der Waals surface area contributed by atoms with Crippen molar-refractivity contribution < 1.29 is 8.42 Å². The molecule has 4 aromatic carbocycles. The molecular weight excluding hydrogens is 458 g/mol. The number of nitrogens with one attached hydrogen (secondary N) is 1. The molecule has 4 rings (SSSR count). The van der Waals surface area contributed by atoms with Crippen LogP contribution in [0.3, 0.4) is 0 Å². The molecule has 0 aliphatic carbocycles. The van der Waals surface area contributed by atoms with Crippen molar-refractivity contribution in [2.75, 3.05) is 0 Å². The average Bonchev–Trinajstić information content (AvgIpc) is 2.85. The van der Waals surface area contributed by atoms with Gasteiger partial charge >= 0.3 is 0 Å². The lowest BCUT2D eigenvalue weighted by Crippen LogP contribution is -2.42. The van der Waals surface area contributed by atoms with E-state index in [1.165, 1.54) is 0 Å². The maximum absolute atomic E-state index is 13.5. The van der Waals surface area contributed by atoms with Crippen LogP contribution in [0.1, 0.15) is 29.2 Å². The van der Waals surface area contributed by atoms with Crippen molar-refractivity contribution >= 4 is 21.8 Å². The summed E-state index contributed by atoms with van der Waals surface area (Å²) in [4.78, 5) is 2.27. The SMILES string of the molecule is Cc1ccc(S(=O)N[C@](C)(Cc2ccccc2S(=O)c2ccc(C)cc2)c2ccccc2)cc1. The van der Waals surface area contributed by atoms with Gasteiger partial charge in [-0.3, -0.25) is 0 Å². The normalized spacial score (nSPS) is 14.8. The average molecular weight is 488 g/mol. The minimum atomic E-state index is -1.42. The van der Waals surface area contributed by atoms with Gasteiger partial charge < -0.3 is 0 Å². The molecular formula is C29H29NO2S2. The molecule has 0 aliphatic rings. The Morgan fingerprint density at radius 2 is 1.21 bits per heavy atom. The molecule has 5 heteroatoms. The third-order valence-electron chi connectivity index (χ3n) is 5.92. The largest absolute Gasteiger partial charge is 0.249 e. The highest BCUT2D eigenvalue weighted by molar-refractivity contribution is 7.85. The van der Waals surface area contributed by atoms with Gasteiger partial charge in [0.05, 0.1) is 21.2 Å². The van der Waals surface area contributed by atoms with Crippen LogP contribution in [0.4, 0.5) is 0 Å². The molecule has 3 atom stereocenters. The fourth-order valence-electron chi connectivity index (χ4n) is 3.93. The van der Waals surface area contributed by atoms with Crippen LogP contribution in [0, 0.1) is 13.8 Å². The topological polar surface area (TPSA) is 46.2 Å². The van der Waals surface area contributed by atoms with Crippen LogP contribution < -0.4 is 4.72 Å². The predicted octanol–water partition coefficient (Wildman–Crippen LogP) is 6.24. The van der Waals surface area contributed by atoms with Gasteiger partial charge in [-0.05, 0) is 68.7 Å². The molecule has 3 nitrogen and oxygen atoms in total. The second-order valence-electron chi connectivity index (χ2n) is 8.75. The first-order valence-electron chi connectivity index (χ1n) is 11.2. The fourth-order valence-corrected chi connectivity index (χ4v) is 6.25. The second-order valence-corrected chi connectivity index (χ2v) is 11.4. The van der Waals surface area contributed by atoms with Crippen molar-refractivity contribution in [2.24, 2.45) is 0 Å². The van der Waals surface area contributed by atoms with Crippen LogP contribution in [0.25, 0.3) is 0 Å². The van der Waals surface area contributed by atoms with Gasteiger partial charge in [0, 0.05) is 9.79 Å². The summed E-state index contributed by atoms with van der Waals surface area (Å²) in [6.07, 6.45) is 0.530. The van der Waals surface area contributed by atoms with E-state index in [9.17, 15) is 8.42 Å². The van der Waals surface area contributed by atoms with E-state index in [2.05, 4.69) is 11.6 Å². The van der Waals surface area contributed by atoms with Gasteiger partial charge in [-0.1, -0.05) is 83.9 Å². The van der Waals surface area contributed by atoms with Gasteiger partial charge in [0.25, 0.3) is 0 Å². The van der Waals surface area contributed by atoms with Crippen LogP contribution in [0.15, 0.2) is 118 Å². The van der Waals surface area contributed by atoms with Gasteiger partial charge in [0.15, 0.2) is 0 Å². The number of hydrogen-bond acceptors (Lipinski definition) is 2. The molecule has 174 valence electrons. The third kappa shape index (κ3) is 5.61. The van der Waals surface area contributed by atoms with E-state index < -0.39 is 27.3 Å². The quantitative estimate of drug-likeness (QED) is 0.320. The lowest BCUT2D eigenvalue weighted by atomic mass is 9.86. The van der Waals surface area contributed by atoms with Gasteiger partial charge in [-0.15, -0.1) is 0 Å². The van der Waals surface area contributed by atoms with Gasteiger partial charge in [0.1, 0.15) is 11.0 Å². The summed E-state index contributed by atoms with van der Waals surface area (Å²) >= 11 is 0. The smallest absolute Gasteiger partial charge is 0.125 e. The number of aryl methyl sites for hydroxylation is 2. The van der Waals surface area contributed by atoms with Gasteiger partial charge in [-0.25, -0.2) is 13.1 Å². The van der Waals surface area contributed by atoms with Crippen molar-refractivity contribution in [3.63, 3.8) is 0 Å². The van der Waals surface area contributed by atoms with E-state index in [0.717, 1.165) is 36.9 Å². The summed E-state index contributed by atoms with van der Waals surface area (Å²) in [5.41, 5.74) is 3.59. The molecule has 0 bridgehead atoms. The second kappa shape index (κ2) is 10.6. The molecule has 2 unspecified atom stereocenters. The van der Waals surface area contributed by atoms with Crippen LogP contribution >= 0.6 is 0 Å². The van der Waals surface area contributed by atoms with Crippen molar-refractivity contribution in [1.82, 2.24) is 4.72 Å². The lowest BCUT2D eigenvalue weighted by molar-refractivity contribution is 0.440. The monoisotopic (exact) mass is 487 g/mol. The molecule has 1 N–H and O–H groups in total. The van der Waals surface area contributed by atoms with Crippen molar-refractivity contribution in [1.29, 1.82) is 0 Å². The highest BCUT2D eigenvalue weighted by Crippen LogP contribution is 2.31. The van der Waals surface area contributed by atoms with Crippen LogP contribution in [-0.4, -0.2) is 8.42 Å². The molecule has 0 aromatic heterocycles. The minimum Gasteiger partial charge on any atom is -0.249 e. The first kappa shape index (κ1) is 24.3. The maximum Gasteiger partial charge on any atom is 0.125 e. The van der Waals surface area contributed by atoms with E-state index in [0.29, 0.717) is 6.42 Å². The zero-order chi connectivity index (χ0) is 24.1. The summed E-state index contributed by atoms with van der Waals surface area (Å²) < 4.78 is 30.2. The Bertz CT molecular complexity index is 1300. The number of benzene rings is 4. The molecule has 0 saturated carbocycles. The molecule has 0 saturated heterocycles. The first-order chi connectivity index (χ1) is 16.4. The number of hydrogen-bond donors (Lipinski definition) is 1. The Morgan fingerprint density at radius 1 is 0.676 bits per heavy atom. The van der Waals surface area contributed by atoms with Crippen LogP contribution in [0.2, 0.25) is 0 Å². The number of rotatable bonds is 8. The van der Waals surface area contributed by atoms with Crippen molar-refractivity contribution in [3.05, 3.63) is 125 Å². The Kier molecular flexibility index (Phi) is 7.57. The Morgan fingerprint density at radius 3 is 1.82 bits per heavy atom. The van der Waals surface area contributed by atoms with E-state index in [1.807, 2.05) is 117 Å². The Hall–Kier alpha value is -2.86. The van der Waals surface area contributed by atoms with E-state index in [4.69, 9.17) is 0 Å². The highest BCUT2D eigenvalue weighted by Gasteiger charge is 2.31. The highest BCUT2D eigenvalue weighted by atomic mass is 32.2. The molecule has 4 aromatic rings. The van der Waals surface area contributed by atoms with Gasteiger partial charge in [-0.2, -0.15) is 0 Å². The first-order valence-corrected chi connectivity index (χ1v) is 13.5. The molecule has 0 radical (unpaired) electrons. The molecule has 0 amide bonds. The van der Waals surface area contributed by atoms with Crippen molar-refractivity contribution in [2.45, 2.75) is 47.4 Å². The Balaban J connectivity index is 1.70. The molecule has 0 fully saturated rings. The summed E-state index contributed by atoms with van der Waals surface area (Å²) in [6.45, 7) is 6.09. The standard InChI is InChI=1S/C29H29NO2S2/c1-22-13-17-26(18-14-22)33(31)28-12-8-7-9-24(28)21-29(3,25-10-5-4-6-11-25)30-34(32)27-19-15-23(2)16-20-27/h4-20,30H,21H2,1-3H3/t29-,33?,34?/m1/s1. The van der Waals surface area contributed by atoms with E-state index >= 15 is 0 Å². The molecule has 0 heterocycles. The lowest BCUT2D eigenvalue weighted by Gasteiger charge is -2.32. The summed E-state index contributed by atoms with van der Waals surface area (Å²) in [6, 6.07) is 33.4. The maximum atomic E-state index is 13.5. The third-order valence-corrected chi connectivity index (χ3v) is 8.75. The van der Waals surface area contributed by atoms with Crippen LogP contribution in [-0.2, 0) is 33.7 Å². The minimum absolute atomic E-state index is 0.530. The molecule has 34 heavy (non-hydrogen) atoms. The molecule has 0 aliphatic heterocycles.